The van der Waals surface area contributed by atoms with E-state index in [0.29, 0.717) is 28.6 Å². The number of methoxy groups -OCH3 is 1. The molecule has 118 valence electrons. The number of hydrogen-bond donors (Lipinski definition) is 1. The second kappa shape index (κ2) is 6.00. The number of rotatable bonds is 4. The Hall–Kier alpha value is -2.64. The first kappa shape index (κ1) is 15.7. The summed E-state index contributed by atoms with van der Waals surface area (Å²) in [6.07, 6.45) is 1.61. The van der Waals surface area contributed by atoms with Crippen LogP contribution < -0.4 is 15.0 Å². The molecule has 0 bridgehead atoms. The third kappa shape index (κ3) is 3.00. The second-order valence-electron chi connectivity index (χ2n) is 5.14. The predicted molar refractivity (Wildman–Crippen MR) is 83.5 cm³/mol. The Balaban J connectivity index is 2.32. The molecule has 0 aromatic carbocycles. The maximum Gasteiger partial charge on any atom is 0.262 e. The van der Waals surface area contributed by atoms with Crippen LogP contribution in [0.1, 0.15) is 21.7 Å². The molecule has 0 saturated heterocycles. The van der Waals surface area contributed by atoms with Gasteiger partial charge in [0, 0.05) is 27.3 Å². The van der Waals surface area contributed by atoms with Crippen LogP contribution in [0, 0.1) is 13.8 Å². The van der Waals surface area contributed by atoms with Gasteiger partial charge in [0.1, 0.15) is 5.56 Å². The SMILES string of the molecule is COc1nn(C)cc1C(=O)Nc1c(C)nc(N(C)C)nc1C. The van der Waals surface area contributed by atoms with Gasteiger partial charge in [-0.25, -0.2) is 9.97 Å². The smallest absolute Gasteiger partial charge is 0.262 e. The molecule has 0 fully saturated rings. The second-order valence-corrected chi connectivity index (χ2v) is 5.14. The van der Waals surface area contributed by atoms with E-state index in [1.54, 1.807) is 13.2 Å². The van der Waals surface area contributed by atoms with Gasteiger partial charge in [-0.3, -0.25) is 9.48 Å². The van der Waals surface area contributed by atoms with Crippen molar-refractivity contribution < 1.29 is 9.53 Å². The van der Waals surface area contributed by atoms with Crippen LogP contribution in [-0.4, -0.2) is 46.9 Å². The summed E-state index contributed by atoms with van der Waals surface area (Å²) in [6, 6.07) is 0. The first-order valence-corrected chi connectivity index (χ1v) is 6.75. The summed E-state index contributed by atoms with van der Waals surface area (Å²) in [5.41, 5.74) is 2.36. The summed E-state index contributed by atoms with van der Waals surface area (Å²) in [5, 5.41) is 6.90. The molecule has 8 heteroatoms. The highest BCUT2D eigenvalue weighted by molar-refractivity contribution is 6.06. The fraction of sp³-hybridized carbons (Fsp3) is 0.429. The van der Waals surface area contributed by atoms with E-state index in [2.05, 4.69) is 20.4 Å². The topological polar surface area (TPSA) is 85.2 Å². The molecule has 0 aliphatic carbocycles. The molecular weight excluding hydrogens is 284 g/mol. The molecule has 2 heterocycles. The summed E-state index contributed by atoms with van der Waals surface area (Å²) in [4.78, 5) is 23.0. The predicted octanol–water partition coefficient (Wildman–Crippen LogP) is 1.15. The van der Waals surface area contributed by atoms with Crippen molar-refractivity contribution in [2.75, 3.05) is 31.4 Å². The van der Waals surface area contributed by atoms with Crippen LogP contribution >= 0.6 is 0 Å². The van der Waals surface area contributed by atoms with E-state index in [-0.39, 0.29) is 11.8 Å². The Morgan fingerprint density at radius 1 is 1.27 bits per heavy atom. The first-order valence-electron chi connectivity index (χ1n) is 6.75. The van der Waals surface area contributed by atoms with Gasteiger partial charge in [-0.15, -0.1) is 5.10 Å². The molecule has 0 aliphatic rings. The average Bonchev–Trinajstić information content (AvgIpc) is 2.83. The van der Waals surface area contributed by atoms with Gasteiger partial charge in [0.05, 0.1) is 24.2 Å². The quantitative estimate of drug-likeness (QED) is 0.912. The minimum atomic E-state index is -0.308. The van der Waals surface area contributed by atoms with Gasteiger partial charge in [0.25, 0.3) is 5.91 Å². The molecule has 0 aliphatic heterocycles. The molecule has 0 radical (unpaired) electrons. The van der Waals surface area contributed by atoms with E-state index in [4.69, 9.17) is 4.74 Å². The Labute approximate surface area is 129 Å². The highest BCUT2D eigenvalue weighted by Crippen LogP contribution is 2.22. The zero-order valence-corrected chi connectivity index (χ0v) is 13.6. The van der Waals surface area contributed by atoms with Crippen molar-refractivity contribution in [1.29, 1.82) is 0 Å². The van der Waals surface area contributed by atoms with Crippen molar-refractivity contribution in [2.45, 2.75) is 13.8 Å². The molecular formula is C14H20N6O2. The number of carbonyl (C=O) groups is 1. The Morgan fingerprint density at radius 2 is 1.86 bits per heavy atom. The van der Waals surface area contributed by atoms with Gasteiger partial charge in [0.15, 0.2) is 0 Å². The number of nitrogens with zero attached hydrogens (tertiary/aromatic N) is 5. The highest BCUT2D eigenvalue weighted by Gasteiger charge is 2.19. The molecule has 8 nitrogen and oxygen atoms in total. The van der Waals surface area contributed by atoms with Crippen molar-refractivity contribution >= 4 is 17.5 Å². The van der Waals surface area contributed by atoms with E-state index in [1.165, 1.54) is 11.8 Å². The zero-order chi connectivity index (χ0) is 16.4. The molecule has 0 unspecified atom stereocenters. The molecule has 2 aromatic heterocycles. The fourth-order valence-electron chi connectivity index (χ4n) is 2.03. The summed E-state index contributed by atoms with van der Waals surface area (Å²) in [6.45, 7) is 3.66. The number of ether oxygens (including phenoxy) is 1. The number of aryl methyl sites for hydroxylation is 3. The van der Waals surface area contributed by atoms with Gasteiger partial charge in [-0.1, -0.05) is 0 Å². The third-order valence-electron chi connectivity index (χ3n) is 3.13. The van der Waals surface area contributed by atoms with Crippen LogP contribution in [0.3, 0.4) is 0 Å². The highest BCUT2D eigenvalue weighted by atomic mass is 16.5. The lowest BCUT2D eigenvalue weighted by atomic mass is 10.2. The monoisotopic (exact) mass is 304 g/mol. The molecule has 1 N–H and O–H groups in total. The van der Waals surface area contributed by atoms with Crippen molar-refractivity contribution in [3.63, 3.8) is 0 Å². The lowest BCUT2D eigenvalue weighted by Gasteiger charge is -2.15. The van der Waals surface area contributed by atoms with Crippen LogP contribution in [0.4, 0.5) is 11.6 Å². The minimum Gasteiger partial charge on any atom is -0.479 e. The van der Waals surface area contributed by atoms with Gasteiger partial charge in [0.2, 0.25) is 11.8 Å². The lowest BCUT2D eigenvalue weighted by molar-refractivity contribution is 0.102. The molecule has 0 saturated carbocycles. The molecule has 2 aromatic rings. The minimum absolute atomic E-state index is 0.279. The van der Waals surface area contributed by atoms with E-state index in [9.17, 15) is 4.79 Å². The van der Waals surface area contributed by atoms with Gasteiger partial charge in [-0.2, -0.15) is 0 Å². The van der Waals surface area contributed by atoms with Crippen LogP contribution in [0.5, 0.6) is 5.88 Å². The molecule has 1 amide bonds. The van der Waals surface area contributed by atoms with Gasteiger partial charge >= 0.3 is 0 Å². The third-order valence-corrected chi connectivity index (χ3v) is 3.13. The summed E-state index contributed by atoms with van der Waals surface area (Å²) in [7, 11) is 6.94. The first-order chi connectivity index (χ1) is 10.3. The van der Waals surface area contributed by atoms with E-state index in [1.807, 2.05) is 32.8 Å². The number of carbonyl (C=O) groups excluding carboxylic acids is 1. The van der Waals surface area contributed by atoms with E-state index >= 15 is 0 Å². The zero-order valence-electron chi connectivity index (χ0n) is 13.6. The summed E-state index contributed by atoms with van der Waals surface area (Å²) in [5.74, 6) is 0.574. The Morgan fingerprint density at radius 3 is 2.36 bits per heavy atom. The lowest BCUT2D eigenvalue weighted by Crippen LogP contribution is -2.18. The average molecular weight is 304 g/mol. The Bertz CT molecular complexity index is 684. The maximum atomic E-state index is 12.4. The molecule has 0 spiro atoms. The number of hydrogen-bond acceptors (Lipinski definition) is 6. The molecule has 0 atom stereocenters. The fourth-order valence-corrected chi connectivity index (χ4v) is 2.03. The van der Waals surface area contributed by atoms with Crippen molar-refractivity contribution in [3.05, 3.63) is 23.1 Å². The number of anilines is 2. The molecule has 22 heavy (non-hydrogen) atoms. The summed E-state index contributed by atoms with van der Waals surface area (Å²) < 4.78 is 6.63. The van der Waals surface area contributed by atoms with E-state index < -0.39 is 0 Å². The van der Waals surface area contributed by atoms with Gasteiger partial charge < -0.3 is 15.0 Å². The largest absolute Gasteiger partial charge is 0.479 e. The standard InChI is InChI=1S/C14H20N6O2/c1-8-11(9(2)16-14(15-8)19(3)4)17-12(21)10-7-20(5)18-13(10)22-6/h7H,1-6H3,(H,17,21). The number of amides is 1. The number of aromatic nitrogens is 4. The van der Waals surface area contributed by atoms with Crippen LogP contribution in [0.2, 0.25) is 0 Å². The van der Waals surface area contributed by atoms with Crippen LogP contribution in [-0.2, 0) is 7.05 Å². The van der Waals surface area contributed by atoms with Crippen molar-refractivity contribution in [1.82, 2.24) is 19.7 Å². The van der Waals surface area contributed by atoms with Crippen LogP contribution in [0.15, 0.2) is 6.20 Å². The van der Waals surface area contributed by atoms with Crippen LogP contribution in [0.25, 0.3) is 0 Å². The number of nitrogens with one attached hydrogen (secondary N) is 1. The molecule has 2 rings (SSSR count). The Kier molecular flexibility index (Phi) is 4.30. The normalized spacial score (nSPS) is 10.5. The van der Waals surface area contributed by atoms with Crippen molar-refractivity contribution in [2.24, 2.45) is 7.05 Å². The van der Waals surface area contributed by atoms with Crippen molar-refractivity contribution in [3.8, 4) is 5.88 Å². The summed E-state index contributed by atoms with van der Waals surface area (Å²) >= 11 is 0. The van der Waals surface area contributed by atoms with E-state index in [0.717, 1.165) is 0 Å². The maximum absolute atomic E-state index is 12.4. The van der Waals surface area contributed by atoms with Gasteiger partial charge in [-0.05, 0) is 13.8 Å².